The smallest absolute Gasteiger partial charge is 0.407 e. The average Bonchev–Trinajstić information content (AvgIpc) is 2.89. The second-order valence-electron chi connectivity index (χ2n) is 7.46. The Morgan fingerprint density at radius 3 is 2.50 bits per heavy atom. The van der Waals surface area contributed by atoms with E-state index in [1.54, 1.807) is 0 Å². The van der Waals surface area contributed by atoms with Crippen molar-refractivity contribution >= 4 is 11.8 Å². The number of anilines is 1. The lowest BCUT2D eigenvalue weighted by Gasteiger charge is -2.20. The standard InChI is InChI=1S/C19H30N2O3/c1-14-6-5-7-17(14)21-15-8-10-16(11-9-15)23-13-12-20-18(22)24-19(2,3)4/h8-11,14,17,21H,5-7,12-13H2,1-4H3,(H,20,22). The fourth-order valence-corrected chi connectivity index (χ4v) is 2.86. The van der Waals surface area contributed by atoms with Gasteiger partial charge in [0.05, 0.1) is 6.54 Å². The molecule has 1 fully saturated rings. The van der Waals surface area contributed by atoms with Gasteiger partial charge in [-0.05, 0) is 63.8 Å². The minimum absolute atomic E-state index is 0.408. The van der Waals surface area contributed by atoms with Gasteiger partial charge >= 0.3 is 6.09 Å². The van der Waals surface area contributed by atoms with Crippen LogP contribution in [0.3, 0.4) is 0 Å². The number of carbonyl (C=O) groups is 1. The third-order valence-electron chi connectivity index (χ3n) is 4.11. The maximum Gasteiger partial charge on any atom is 0.407 e. The van der Waals surface area contributed by atoms with Crippen LogP contribution in [-0.2, 0) is 4.74 Å². The topological polar surface area (TPSA) is 59.6 Å². The molecule has 1 saturated carbocycles. The highest BCUT2D eigenvalue weighted by molar-refractivity contribution is 5.67. The van der Waals surface area contributed by atoms with Crippen LogP contribution in [0.15, 0.2) is 24.3 Å². The first-order chi connectivity index (χ1) is 11.3. The van der Waals surface area contributed by atoms with Crippen molar-refractivity contribution in [2.45, 2.75) is 58.6 Å². The molecular formula is C19H30N2O3. The highest BCUT2D eigenvalue weighted by Gasteiger charge is 2.22. The molecule has 134 valence electrons. The van der Waals surface area contributed by atoms with Gasteiger partial charge in [0.1, 0.15) is 18.0 Å². The highest BCUT2D eigenvalue weighted by atomic mass is 16.6. The van der Waals surface area contributed by atoms with E-state index in [2.05, 4.69) is 17.6 Å². The van der Waals surface area contributed by atoms with E-state index in [1.165, 1.54) is 19.3 Å². The van der Waals surface area contributed by atoms with Gasteiger partial charge in [-0.1, -0.05) is 13.3 Å². The summed E-state index contributed by atoms with van der Waals surface area (Å²) in [5.74, 6) is 1.53. The maximum atomic E-state index is 11.5. The molecule has 0 aliphatic heterocycles. The fourth-order valence-electron chi connectivity index (χ4n) is 2.86. The lowest BCUT2D eigenvalue weighted by Crippen LogP contribution is -2.34. The summed E-state index contributed by atoms with van der Waals surface area (Å²) >= 11 is 0. The minimum Gasteiger partial charge on any atom is -0.492 e. The summed E-state index contributed by atoms with van der Waals surface area (Å²) in [6.45, 7) is 8.64. The van der Waals surface area contributed by atoms with Gasteiger partial charge in [0, 0.05) is 11.7 Å². The van der Waals surface area contributed by atoms with Gasteiger partial charge < -0.3 is 20.1 Å². The number of hydrogen-bond acceptors (Lipinski definition) is 4. The molecule has 1 aromatic carbocycles. The molecule has 1 aliphatic rings. The molecule has 1 aromatic rings. The van der Waals surface area contributed by atoms with Crippen molar-refractivity contribution < 1.29 is 14.3 Å². The Labute approximate surface area is 145 Å². The van der Waals surface area contributed by atoms with Crippen LogP contribution in [-0.4, -0.2) is 30.9 Å². The van der Waals surface area contributed by atoms with E-state index in [9.17, 15) is 4.79 Å². The molecule has 0 heterocycles. The van der Waals surface area contributed by atoms with Crippen molar-refractivity contribution in [1.82, 2.24) is 5.32 Å². The number of amides is 1. The largest absolute Gasteiger partial charge is 0.492 e. The summed E-state index contributed by atoms with van der Waals surface area (Å²) in [5, 5.41) is 6.27. The Morgan fingerprint density at radius 2 is 1.92 bits per heavy atom. The predicted molar refractivity (Wildman–Crippen MR) is 96.6 cm³/mol. The summed E-state index contributed by atoms with van der Waals surface area (Å²) in [5.41, 5.74) is 0.651. The summed E-state index contributed by atoms with van der Waals surface area (Å²) in [4.78, 5) is 11.5. The summed E-state index contributed by atoms with van der Waals surface area (Å²) in [6.07, 6.45) is 3.44. The third-order valence-corrected chi connectivity index (χ3v) is 4.11. The molecule has 2 atom stereocenters. The number of rotatable bonds is 6. The van der Waals surface area contributed by atoms with E-state index in [0.29, 0.717) is 19.2 Å². The highest BCUT2D eigenvalue weighted by Crippen LogP contribution is 2.28. The number of ether oxygens (including phenoxy) is 2. The van der Waals surface area contributed by atoms with Crippen LogP contribution in [0.1, 0.15) is 47.0 Å². The molecule has 2 unspecified atom stereocenters. The molecule has 5 nitrogen and oxygen atoms in total. The summed E-state index contributed by atoms with van der Waals surface area (Å²) < 4.78 is 10.8. The van der Waals surface area contributed by atoms with Gasteiger partial charge in [0.25, 0.3) is 0 Å². The molecule has 0 bridgehead atoms. The molecule has 0 radical (unpaired) electrons. The zero-order valence-corrected chi connectivity index (χ0v) is 15.2. The van der Waals surface area contributed by atoms with E-state index in [4.69, 9.17) is 9.47 Å². The molecule has 0 saturated heterocycles. The van der Waals surface area contributed by atoms with Crippen LogP contribution >= 0.6 is 0 Å². The van der Waals surface area contributed by atoms with Crippen molar-refractivity contribution in [3.8, 4) is 5.75 Å². The van der Waals surface area contributed by atoms with Crippen LogP contribution in [0.25, 0.3) is 0 Å². The monoisotopic (exact) mass is 334 g/mol. The fraction of sp³-hybridized carbons (Fsp3) is 0.632. The molecule has 0 spiro atoms. The molecular weight excluding hydrogens is 304 g/mol. The molecule has 1 aliphatic carbocycles. The van der Waals surface area contributed by atoms with Gasteiger partial charge in [-0.25, -0.2) is 4.79 Å². The van der Waals surface area contributed by atoms with E-state index in [-0.39, 0.29) is 0 Å². The van der Waals surface area contributed by atoms with E-state index in [1.807, 2.05) is 45.0 Å². The Balaban J connectivity index is 1.67. The molecule has 24 heavy (non-hydrogen) atoms. The normalized spacial score (nSPS) is 20.5. The van der Waals surface area contributed by atoms with Crippen LogP contribution in [0.2, 0.25) is 0 Å². The van der Waals surface area contributed by atoms with Crippen LogP contribution in [0.5, 0.6) is 5.75 Å². The minimum atomic E-state index is -0.482. The van der Waals surface area contributed by atoms with E-state index < -0.39 is 11.7 Å². The second-order valence-corrected chi connectivity index (χ2v) is 7.46. The first-order valence-electron chi connectivity index (χ1n) is 8.80. The Hall–Kier alpha value is -1.91. The average molecular weight is 334 g/mol. The van der Waals surface area contributed by atoms with Gasteiger partial charge in [-0.15, -0.1) is 0 Å². The first-order valence-corrected chi connectivity index (χ1v) is 8.80. The Morgan fingerprint density at radius 1 is 1.21 bits per heavy atom. The van der Waals surface area contributed by atoms with E-state index in [0.717, 1.165) is 17.4 Å². The molecule has 5 heteroatoms. The number of carbonyl (C=O) groups excluding carboxylic acids is 1. The van der Waals surface area contributed by atoms with Crippen molar-refractivity contribution in [2.24, 2.45) is 5.92 Å². The molecule has 1 amide bonds. The van der Waals surface area contributed by atoms with Crippen LogP contribution in [0, 0.1) is 5.92 Å². The van der Waals surface area contributed by atoms with Crippen LogP contribution < -0.4 is 15.4 Å². The molecule has 2 N–H and O–H groups in total. The third kappa shape index (κ3) is 6.30. The number of hydrogen-bond donors (Lipinski definition) is 2. The van der Waals surface area contributed by atoms with Crippen molar-refractivity contribution in [3.63, 3.8) is 0 Å². The number of benzene rings is 1. The SMILES string of the molecule is CC1CCCC1Nc1ccc(OCCNC(=O)OC(C)(C)C)cc1. The zero-order valence-electron chi connectivity index (χ0n) is 15.2. The number of nitrogens with one attached hydrogen (secondary N) is 2. The molecule has 2 rings (SSSR count). The quantitative estimate of drug-likeness (QED) is 0.766. The van der Waals surface area contributed by atoms with Crippen LogP contribution in [0.4, 0.5) is 10.5 Å². The van der Waals surface area contributed by atoms with Crippen molar-refractivity contribution in [1.29, 1.82) is 0 Å². The van der Waals surface area contributed by atoms with Gasteiger partial charge in [-0.3, -0.25) is 0 Å². The first kappa shape index (κ1) is 18.4. The zero-order chi connectivity index (χ0) is 17.6. The lowest BCUT2D eigenvalue weighted by atomic mass is 10.1. The van der Waals surface area contributed by atoms with E-state index >= 15 is 0 Å². The summed E-state index contributed by atoms with van der Waals surface area (Å²) in [6, 6.07) is 8.57. The molecule has 0 aromatic heterocycles. The van der Waals surface area contributed by atoms with Crippen molar-refractivity contribution in [3.05, 3.63) is 24.3 Å². The second kappa shape index (κ2) is 8.27. The number of alkyl carbamates (subject to hydrolysis) is 1. The lowest BCUT2D eigenvalue weighted by molar-refractivity contribution is 0.0520. The maximum absolute atomic E-state index is 11.5. The predicted octanol–water partition coefficient (Wildman–Crippen LogP) is 4.19. The summed E-state index contributed by atoms with van der Waals surface area (Å²) in [7, 11) is 0. The van der Waals surface area contributed by atoms with Gasteiger partial charge in [0.2, 0.25) is 0 Å². The Bertz CT molecular complexity index is 522. The van der Waals surface area contributed by atoms with Gasteiger partial charge in [-0.2, -0.15) is 0 Å². The Kier molecular flexibility index (Phi) is 6.35. The van der Waals surface area contributed by atoms with Gasteiger partial charge in [0.15, 0.2) is 0 Å². The van der Waals surface area contributed by atoms with Crippen molar-refractivity contribution in [2.75, 3.05) is 18.5 Å².